The van der Waals surface area contributed by atoms with E-state index in [0.29, 0.717) is 23.0 Å². The molecular formula is C15H20O6. The first-order chi connectivity index (χ1) is 10.1. The van der Waals surface area contributed by atoms with E-state index in [0.717, 1.165) is 12.8 Å². The Labute approximate surface area is 123 Å². The predicted octanol–water partition coefficient (Wildman–Crippen LogP) is 2.04. The zero-order chi connectivity index (χ0) is 15.4. The monoisotopic (exact) mass is 296 g/mol. The average molecular weight is 296 g/mol. The number of rotatable bonds is 7. The Bertz CT molecular complexity index is 484. The molecular weight excluding hydrogens is 276 g/mol. The molecule has 0 spiro atoms. The average Bonchev–Trinajstić information content (AvgIpc) is 3.35. The van der Waals surface area contributed by atoms with Gasteiger partial charge < -0.3 is 23.7 Å². The summed E-state index contributed by atoms with van der Waals surface area (Å²) in [7, 11) is 5.94. The van der Waals surface area contributed by atoms with Crippen LogP contribution in [0.2, 0.25) is 0 Å². The van der Waals surface area contributed by atoms with Crippen molar-refractivity contribution in [2.45, 2.75) is 18.9 Å². The number of ether oxygens (including phenoxy) is 5. The van der Waals surface area contributed by atoms with Gasteiger partial charge in [0.1, 0.15) is 5.75 Å². The minimum atomic E-state index is -0.599. The zero-order valence-electron chi connectivity index (χ0n) is 12.7. The Hall–Kier alpha value is -2.11. The van der Waals surface area contributed by atoms with Crippen LogP contribution in [0.1, 0.15) is 12.8 Å². The highest BCUT2D eigenvalue weighted by molar-refractivity contribution is 5.76. The molecule has 1 aliphatic rings. The van der Waals surface area contributed by atoms with Gasteiger partial charge in [-0.25, -0.2) is 4.79 Å². The van der Waals surface area contributed by atoms with E-state index < -0.39 is 6.10 Å². The van der Waals surface area contributed by atoms with Gasteiger partial charge in [0.25, 0.3) is 0 Å². The molecule has 1 saturated carbocycles. The lowest BCUT2D eigenvalue weighted by Gasteiger charge is -2.19. The van der Waals surface area contributed by atoms with Crippen LogP contribution in [0.15, 0.2) is 12.1 Å². The van der Waals surface area contributed by atoms with Gasteiger partial charge in [-0.1, -0.05) is 0 Å². The molecule has 116 valence electrons. The van der Waals surface area contributed by atoms with E-state index in [9.17, 15) is 4.79 Å². The number of carbonyl (C=O) groups is 1. The minimum Gasteiger partial charge on any atom is -0.493 e. The summed E-state index contributed by atoms with van der Waals surface area (Å²) in [5.41, 5.74) is 0. The van der Waals surface area contributed by atoms with Gasteiger partial charge in [0.2, 0.25) is 5.75 Å². The second kappa shape index (κ2) is 6.56. The largest absolute Gasteiger partial charge is 0.493 e. The van der Waals surface area contributed by atoms with Crippen LogP contribution < -0.4 is 18.9 Å². The lowest BCUT2D eigenvalue weighted by Crippen LogP contribution is -2.30. The normalized spacial score (nSPS) is 15.0. The predicted molar refractivity (Wildman–Crippen MR) is 75.3 cm³/mol. The SMILES string of the molecule is COC(=O)C(Oc1cc(OC)c(OC)c(OC)c1)C1CC1. The summed E-state index contributed by atoms with van der Waals surface area (Å²) < 4.78 is 26.4. The molecule has 1 atom stereocenters. The Morgan fingerprint density at radius 1 is 1.05 bits per heavy atom. The van der Waals surface area contributed by atoms with E-state index in [4.69, 9.17) is 23.7 Å². The van der Waals surface area contributed by atoms with Crippen LogP contribution in [0, 0.1) is 5.92 Å². The molecule has 2 rings (SSSR count). The number of hydrogen-bond donors (Lipinski definition) is 0. The molecule has 6 nitrogen and oxygen atoms in total. The summed E-state index contributed by atoms with van der Waals surface area (Å²) in [4.78, 5) is 11.8. The van der Waals surface area contributed by atoms with Crippen LogP contribution in [-0.4, -0.2) is 40.5 Å². The van der Waals surface area contributed by atoms with Crippen LogP contribution >= 0.6 is 0 Å². The van der Waals surface area contributed by atoms with Crippen LogP contribution in [0.4, 0.5) is 0 Å². The van der Waals surface area contributed by atoms with Gasteiger partial charge in [-0.05, 0) is 12.8 Å². The minimum absolute atomic E-state index is 0.205. The Morgan fingerprint density at radius 3 is 2.00 bits per heavy atom. The highest BCUT2D eigenvalue weighted by atomic mass is 16.6. The Morgan fingerprint density at radius 2 is 1.62 bits per heavy atom. The summed E-state index contributed by atoms with van der Waals surface area (Å²) in [6.45, 7) is 0. The second-order valence-electron chi connectivity index (χ2n) is 4.76. The molecule has 6 heteroatoms. The van der Waals surface area contributed by atoms with Crippen LogP contribution in [0.3, 0.4) is 0 Å². The van der Waals surface area contributed by atoms with Gasteiger partial charge in [-0.2, -0.15) is 0 Å². The smallest absolute Gasteiger partial charge is 0.347 e. The van der Waals surface area contributed by atoms with Gasteiger partial charge in [-0.3, -0.25) is 0 Å². The van der Waals surface area contributed by atoms with E-state index in [1.54, 1.807) is 12.1 Å². The van der Waals surface area contributed by atoms with E-state index in [2.05, 4.69) is 0 Å². The van der Waals surface area contributed by atoms with Crippen molar-refractivity contribution in [2.24, 2.45) is 5.92 Å². The van der Waals surface area contributed by atoms with E-state index in [1.807, 2.05) is 0 Å². The van der Waals surface area contributed by atoms with E-state index in [-0.39, 0.29) is 11.9 Å². The molecule has 0 saturated heterocycles. The summed E-state index contributed by atoms with van der Waals surface area (Å²) >= 11 is 0. The number of carbonyl (C=O) groups excluding carboxylic acids is 1. The summed E-state index contributed by atoms with van der Waals surface area (Å²) in [5, 5.41) is 0. The highest BCUT2D eigenvalue weighted by Gasteiger charge is 2.39. The van der Waals surface area contributed by atoms with Crippen molar-refractivity contribution in [3.05, 3.63) is 12.1 Å². The van der Waals surface area contributed by atoms with Gasteiger partial charge >= 0.3 is 5.97 Å². The molecule has 1 unspecified atom stereocenters. The quantitative estimate of drug-likeness (QED) is 0.718. The maximum absolute atomic E-state index is 11.8. The fraction of sp³-hybridized carbons (Fsp3) is 0.533. The van der Waals surface area contributed by atoms with Crippen LogP contribution in [0.25, 0.3) is 0 Å². The first kappa shape index (κ1) is 15.3. The molecule has 0 N–H and O–H groups in total. The standard InChI is InChI=1S/C15H20O6/c1-17-11-7-10(8-12(18-2)14(11)19-3)21-13(9-5-6-9)15(16)20-4/h7-9,13H,5-6H2,1-4H3. The molecule has 21 heavy (non-hydrogen) atoms. The zero-order valence-corrected chi connectivity index (χ0v) is 12.7. The molecule has 0 aromatic heterocycles. The molecule has 0 amide bonds. The Kier molecular flexibility index (Phi) is 4.77. The van der Waals surface area contributed by atoms with E-state index in [1.165, 1.54) is 28.4 Å². The number of methoxy groups -OCH3 is 4. The topological polar surface area (TPSA) is 63.2 Å². The van der Waals surface area contributed by atoms with E-state index >= 15 is 0 Å². The number of benzene rings is 1. The second-order valence-corrected chi connectivity index (χ2v) is 4.76. The van der Waals surface area contributed by atoms with Gasteiger partial charge in [0.05, 0.1) is 28.4 Å². The van der Waals surface area contributed by atoms with Crippen molar-refractivity contribution < 1.29 is 28.5 Å². The van der Waals surface area contributed by atoms with Gasteiger partial charge in [0.15, 0.2) is 17.6 Å². The van der Waals surface area contributed by atoms with Crippen molar-refractivity contribution >= 4 is 5.97 Å². The Balaban J connectivity index is 2.28. The molecule has 0 aliphatic heterocycles. The molecule has 1 fully saturated rings. The maximum atomic E-state index is 11.8. The molecule has 0 radical (unpaired) electrons. The molecule has 1 aromatic rings. The van der Waals surface area contributed by atoms with Gasteiger partial charge in [0, 0.05) is 18.1 Å². The van der Waals surface area contributed by atoms with Crippen molar-refractivity contribution in [3.8, 4) is 23.0 Å². The third-order valence-corrected chi connectivity index (χ3v) is 3.38. The maximum Gasteiger partial charge on any atom is 0.347 e. The lowest BCUT2D eigenvalue weighted by atomic mass is 10.2. The van der Waals surface area contributed by atoms with Crippen molar-refractivity contribution in [1.82, 2.24) is 0 Å². The third kappa shape index (κ3) is 3.32. The molecule has 1 aromatic carbocycles. The van der Waals surface area contributed by atoms with Crippen LogP contribution in [-0.2, 0) is 9.53 Å². The first-order valence-electron chi connectivity index (χ1n) is 6.69. The highest BCUT2D eigenvalue weighted by Crippen LogP contribution is 2.42. The fourth-order valence-corrected chi connectivity index (χ4v) is 2.12. The van der Waals surface area contributed by atoms with Gasteiger partial charge in [-0.15, -0.1) is 0 Å². The van der Waals surface area contributed by atoms with Crippen molar-refractivity contribution in [1.29, 1.82) is 0 Å². The molecule has 1 aliphatic carbocycles. The van der Waals surface area contributed by atoms with Crippen LogP contribution in [0.5, 0.6) is 23.0 Å². The van der Waals surface area contributed by atoms with Crippen molar-refractivity contribution in [3.63, 3.8) is 0 Å². The third-order valence-electron chi connectivity index (χ3n) is 3.38. The first-order valence-corrected chi connectivity index (χ1v) is 6.69. The number of esters is 1. The molecule has 0 bridgehead atoms. The van der Waals surface area contributed by atoms with Crippen molar-refractivity contribution in [2.75, 3.05) is 28.4 Å². The summed E-state index contributed by atoms with van der Waals surface area (Å²) in [6, 6.07) is 3.33. The lowest BCUT2D eigenvalue weighted by molar-refractivity contribution is -0.149. The number of hydrogen-bond acceptors (Lipinski definition) is 6. The summed E-state index contributed by atoms with van der Waals surface area (Å²) in [5.74, 6) is 1.75. The fourth-order valence-electron chi connectivity index (χ4n) is 2.12. The molecule has 0 heterocycles. The summed E-state index contributed by atoms with van der Waals surface area (Å²) in [6.07, 6.45) is 1.33.